The molecule has 0 aliphatic carbocycles. The highest BCUT2D eigenvalue weighted by Gasteiger charge is 2.13. The van der Waals surface area contributed by atoms with E-state index in [2.05, 4.69) is 69.4 Å². The maximum Gasteiger partial charge on any atom is 0.119 e. The van der Waals surface area contributed by atoms with Crippen LogP contribution in [0.1, 0.15) is 43.9 Å². The molecule has 2 nitrogen and oxygen atoms in total. The van der Waals surface area contributed by atoms with Crippen molar-refractivity contribution in [3.63, 3.8) is 0 Å². The van der Waals surface area contributed by atoms with Crippen molar-refractivity contribution in [2.24, 2.45) is 0 Å². The molecular weight excluding hydrogens is 270 g/mol. The number of benzene rings is 2. The van der Waals surface area contributed by atoms with E-state index in [0.29, 0.717) is 6.61 Å². The molecule has 0 saturated heterocycles. The summed E-state index contributed by atoms with van der Waals surface area (Å²) in [6.45, 7) is 10.3. The highest BCUT2D eigenvalue weighted by molar-refractivity contribution is 5.28. The van der Waals surface area contributed by atoms with Crippen LogP contribution < -0.4 is 10.1 Å². The number of ether oxygens (including phenoxy) is 1. The average molecular weight is 297 g/mol. The average Bonchev–Trinajstić information content (AvgIpc) is 2.52. The lowest BCUT2D eigenvalue weighted by atomic mass is 10.0. The van der Waals surface area contributed by atoms with Crippen LogP contribution in [0.15, 0.2) is 48.5 Å². The monoisotopic (exact) mass is 297 g/mol. The van der Waals surface area contributed by atoms with Crippen molar-refractivity contribution in [1.29, 1.82) is 0 Å². The van der Waals surface area contributed by atoms with Crippen LogP contribution in [0.2, 0.25) is 0 Å². The van der Waals surface area contributed by atoms with Crippen molar-refractivity contribution < 1.29 is 4.74 Å². The zero-order valence-corrected chi connectivity index (χ0v) is 14.1. The largest absolute Gasteiger partial charge is 0.489 e. The van der Waals surface area contributed by atoms with Gasteiger partial charge in [0.2, 0.25) is 0 Å². The fraction of sp³-hybridized carbons (Fsp3) is 0.400. The minimum Gasteiger partial charge on any atom is -0.489 e. The van der Waals surface area contributed by atoms with E-state index in [1.54, 1.807) is 0 Å². The molecule has 0 radical (unpaired) electrons. The molecule has 2 heteroatoms. The summed E-state index contributed by atoms with van der Waals surface area (Å²) >= 11 is 0. The Morgan fingerprint density at radius 2 is 1.73 bits per heavy atom. The van der Waals surface area contributed by atoms with Gasteiger partial charge in [0, 0.05) is 12.1 Å². The first-order valence-corrected chi connectivity index (χ1v) is 8.01. The van der Waals surface area contributed by atoms with E-state index in [-0.39, 0.29) is 5.54 Å². The molecule has 0 unspecified atom stereocenters. The number of hydrogen-bond acceptors (Lipinski definition) is 2. The summed E-state index contributed by atoms with van der Waals surface area (Å²) in [7, 11) is 0. The van der Waals surface area contributed by atoms with Gasteiger partial charge in [-0.1, -0.05) is 48.9 Å². The van der Waals surface area contributed by atoms with E-state index in [1.807, 2.05) is 12.1 Å². The van der Waals surface area contributed by atoms with Gasteiger partial charge in [-0.05, 0) is 50.5 Å². The van der Waals surface area contributed by atoms with Crippen LogP contribution in [0.5, 0.6) is 5.75 Å². The van der Waals surface area contributed by atoms with Crippen LogP contribution >= 0.6 is 0 Å². The fourth-order valence-electron chi connectivity index (χ4n) is 2.14. The Morgan fingerprint density at radius 1 is 1.00 bits per heavy atom. The zero-order chi connectivity index (χ0) is 16.0. The lowest BCUT2D eigenvalue weighted by Gasteiger charge is -2.24. The van der Waals surface area contributed by atoms with E-state index in [4.69, 9.17) is 4.74 Å². The first kappa shape index (κ1) is 16.6. The molecule has 118 valence electrons. The molecule has 0 atom stereocenters. The summed E-state index contributed by atoms with van der Waals surface area (Å²) in [5.41, 5.74) is 3.93. The Balaban J connectivity index is 1.86. The third kappa shape index (κ3) is 5.19. The minimum atomic E-state index is 0.181. The van der Waals surface area contributed by atoms with Gasteiger partial charge in [0.1, 0.15) is 12.4 Å². The van der Waals surface area contributed by atoms with Crippen LogP contribution in [-0.4, -0.2) is 5.54 Å². The third-order valence-electron chi connectivity index (χ3n) is 4.07. The van der Waals surface area contributed by atoms with Gasteiger partial charge in [-0.2, -0.15) is 0 Å². The molecule has 2 aromatic rings. The molecule has 0 bridgehead atoms. The zero-order valence-electron chi connectivity index (χ0n) is 14.1. The maximum absolute atomic E-state index is 5.85. The predicted octanol–water partition coefficient (Wildman–Crippen LogP) is 4.85. The maximum atomic E-state index is 5.85. The second-order valence-corrected chi connectivity index (χ2v) is 6.51. The summed E-state index contributed by atoms with van der Waals surface area (Å²) in [4.78, 5) is 0. The SMILES string of the molecule is CCC(C)(C)NCc1ccc(OCc2cccc(C)c2)cc1. The third-order valence-corrected chi connectivity index (χ3v) is 4.07. The summed E-state index contributed by atoms with van der Waals surface area (Å²) in [5.74, 6) is 0.917. The van der Waals surface area contributed by atoms with Crippen molar-refractivity contribution in [2.45, 2.75) is 52.8 Å². The van der Waals surface area contributed by atoms with Crippen molar-refractivity contribution in [2.75, 3.05) is 0 Å². The summed E-state index contributed by atoms with van der Waals surface area (Å²) in [5, 5.41) is 3.57. The topological polar surface area (TPSA) is 21.3 Å². The quantitative estimate of drug-likeness (QED) is 0.788. The van der Waals surface area contributed by atoms with Crippen molar-refractivity contribution in [3.05, 3.63) is 65.2 Å². The van der Waals surface area contributed by atoms with E-state index in [0.717, 1.165) is 18.7 Å². The molecule has 0 amide bonds. The highest BCUT2D eigenvalue weighted by atomic mass is 16.5. The predicted molar refractivity (Wildman–Crippen MR) is 93.2 cm³/mol. The van der Waals surface area contributed by atoms with E-state index < -0.39 is 0 Å². The molecule has 2 aromatic carbocycles. The molecule has 0 aliphatic heterocycles. The minimum absolute atomic E-state index is 0.181. The van der Waals surface area contributed by atoms with Gasteiger partial charge in [-0.25, -0.2) is 0 Å². The van der Waals surface area contributed by atoms with Gasteiger partial charge in [0.15, 0.2) is 0 Å². The number of hydrogen-bond donors (Lipinski definition) is 1. The van der Waals surface area contributed by atoms with E-state index in [1.165, 1.54) is 16.7 Å². The van der Waals surface area contributed by atoms with E-state index in [9.17, 15) is 0 Å². The van der Waals surface area contributed by atoms with E-state index >= 15 is 0 Å². The molecule has 0 fully saturated rings. The first-order chi connectivity index (χ1) is 10.5. The first-order valence-electron chi connectivity index (χ1n) is 8.01. The number of aryl methyl sites for hydroxylation is 1. The molecule has 0 saturated carbocycles. The Hall–Kier alpha value is -1.80. The van der Waals surface area contributed by atoms with Gasteiger partial charge in [-0.15, -0.1) is 0 Å². The molecule has 0 aliphatic rings. The smallest absolute Gasteiger partial charge is 0.119 e. The van der Waals surface area contributed by atoms with Crippen LogP contribution in [-0.2, 0) is 13.2 Å². The Morgan fingerprint density at radius 3 is 2.36 bits per heavy atom. The highest BCUT2D eigenvalue weighted by Crippen LogP contribution is 2.16. The molecule has 2 rings (SSSR count). The number of rotatable bonds is 7. The molecule has 0 spiro atoms. The molecule has 0 heterocycles. The lowest BCUT2D eigenvalue weighted by molar-refractivity contribution is 0.306. The van der Waals surface area contributed by atoms with Crippen molar-refractivity contribution in [3.8, 4) is 5.75 Å². The van der Waals surface area contributed by atoms with Crippen LogP contribution in [0, 0.1) is 6.92 Å². The van der Waals surface area contributed by atoms with Crippen molar-refractivity contribution in [1.82, 2.24) is 5.32 Å². The van der Waals surface area contributed by atoms with Gasteiger partial charge >= 0.3 is 0 Å². The molecular formula is C20H27NO. The van der Waals surface area contributed by atoms with Crippen LogP contribution in [0.25, 0.3) is 0 Å². The van der Waals surface area contributed by atoms with Crippen LogP contribution in [0.3, 0.4) is 0 Å². The van der Waals surface area contributed by atoms with Gasteiger partial charge in [-0.3, -0.25) is 0 Å². The lowest BCUT2D eigenvalue weighted by Crippen LogP contribution is -2.37. The van der Waals surface area contributed by atoms with Crippen molar-refractivity contribution >= 4 is 0 Å². The normalized spacial score (nSPS) is 11.5. The molecule has 1 N–H and O–H groups in total. The summed E-state index contributed by atoms with van der Waals surface area (Å²) in [6, 6.07) is 16.8. The summed E-state index contributed by atoms with van der Waals surface area (Å²) < 4.78 is 5.85. The Bertz CT molecular complexity index is 587. The van der Waals surface area contributed by atoms with Gasteiger partial charge in [0.25, 0.3) is 0 Å². The second-order valence-electron chi connectivity index (χ2n) is 6.51. The van der Waals surface area contributed by atoms with Crippen LogP contribution in [0.4, 0.5) is 0 Å². The van der Waals surface area contributed by atoms with Gasteiger partial charge in [0.05, 0.1) is 0 Å². The molecule has 0 aromatic heterocycles. The summed E-state index contributed by atoms with van der Waals surface area (Å²) in [6.07, 6.45) is 1.12. The van der Waals surface area contributed by atoms with Gasteiger partial charge < -0.3 is 10.1 Å². The Kier molecular flexibility index (Phi) is 5.62. The second kappa shape index (κ2) is 7.46. The standard InChI is InChI=1S/C20H27NO/c1-5-20(3,4)21-14-17-9-11-19(12-10-17)22-15-18-8-6-7-16(2)13-18/h6-13,21H,5,14-15H2,1-4H3. The Labute approximate surface area is 134 Å². The molecule has 22 heavy (non-hydrogen) atoms. The fourth-order valence-corrected chi connectivity index (χ4v) is 2.14. The number of nitrogens with one attached hydrogen (secondary N) is 1.